The Morgan fingerprint density at radius 2 is 1.60 bits per heavy atom. The van der Waals surface area contributed by atoms with Gasteiger partial charge in [-0.25, -0.2) is 8.42 Å². The number of hydrogen-bond donors (Lipinski definition) is 0. The molecule has 1 atom stereocenters. The van der Waals surface area contributed by atoms with E-state index in [9.17, 15) is 0 Å². The Bertz CT molecular complexity index is 90.1. The number of hydrogen-bond acceptors (Lipinski definition) is 3. The molecular weight excluding hydrogens is 111 g/mol. The largest absolute Gasteiger partial charge is 0.745 e. The van der Waals surface area contributed by atoms with E-state index in [0.29, 0.717) is 0 Å². The second kappa shape index (κ2) is 1.20. The van der Waals surface area contributed by atoms with Crippen molar-refractivity contribution in [3.05, 3.63) is 0 Å². The predicted molar refractivity (Wildman–Crippen MR) is 19.4 cm³/mol. The van der Waals surface area contributed by atoms with Crippen LogP contribution in [-0.4, -0.2) is 13.0 Å². The Kier molecular flexibility index (Phi) is 1.29. The van der Waals surface area contributed by atoms with Crippen LogP contribution in [0.25, 0.3) is 0 Å². The first-order valence-corrected chi connectivity index (χ1v) is 3.62. The van der Waals surface area contributed by atoms with Gasteiger partial charge in [0.25, 0.3) is 0 Å². The zero-order chi connectivity index (χ0) is 4.50. The fourth-order valence-electron chi connectivity index (χ4n) is 0. The van der Waals surface area contributed by atoms with Gasteiger partial charge in [0.15, 0.2) is 0 Å². The molecule has 0 fully saturated rings. The van der Waals surface area contributed by atoms with Crippen molar-refractivity contribution in [1.82, 2.24) is 0 Å². The topological polar surface area (TPSA) is 57.2 Å². The molecule has 0 aromatic heterocycles. The molecule has 0 heterocycles. The van der Waals surface area contributed by atoms with Crippen LogP contribution >= 0.6 is 8.44 Å². The Labute approximate surface area is 32.1 Å². The van der Waals surface area contributed by atoms with Gasteiger partial charge in [0, 0.05) is 0 Å². The third-order valence-corrected chi connectivity index (χ3v) is 0. The smallest absolute Gasteiger partial charge is 0.107 e. The minimum absolute atomic E-state index is 1.13. The maximum absolute atomic E-state index is 9.04. The zero-order valence-electron chi connectivity index (χ0n) is 2.21. The van der Waals surface area contributed by atoms with Crippen LogP contribution in [0.3, 0.4) is 0 Å². The normalized spacial score (nSPS) is 11.6. The quantitative estimate of drug-likeness (QED) is 0.309. The van der Waals surface area contributed by atoms with Crippen LogP contribution in [0.2, 0.25) is 0 Å². The number of rotatable bonds is 0. The highest BCUT2D eigenvalue weighted by Crippen LogP contribution is 1.88. The van der Waals surface area contributed by atoms with E-state index >= 15 is 0 Å². The second-order valence-electron chi connectivity index (χ2n) is 0.493. The second-order valence-corrected chi connectivity index (χ2v) is 3.21. The molecule has 0 rings (SSSR count). The van der Waals surface area contributed by atoms with Crippen LogP contribution in [-0.2, 0) is 9.74 Å². The van der Waals surface area contributed by atoms with Gasteiger partial charge in [-0.2, -0.15) is 0 Å². The van der Waals surface area contributed by atoms with Crippen LogP contribution < -0.4 is 0 Å². The van der Waals surface area contributed by atoms with Gasteiger partial charge in [-0.05, 0) is 8.44 Å². The minimum atomic E-state index is -4.00. The summed E-state index contributed by atoms with van der Waals surface area (Å²) in [6, 6.07) is 0. The zero-order valence-corrected chi connectivity index (χ0v) is 4.18. The minimum Gasteiger partial charge on any atom is -0.745 e. The van der Waals surface area contributed by atoms with E-state index in [0.717, 1.165) is 8.44 Å². The molecule has 0 aliphatic carbocycles. The molecule has 1 unspecified atom stereocenters. The average molecular weight is 113 g/mol. The van der Waals surface area contributed by atoms with Crippen molar-refractivity contribution in [2.45, 2.75) is 0 Å². The molecule has 5 heteroatoms. The van der Waals surface area contributed by atoms with Crippen molar-refractivity contribution >= 4 is 18.2 Å². The fraction of sp³-hybridized carbons (Fsp3) is 0. The molecule has 32 valence electrons. The Morgan fingerprint density at radius 1 is 1.60 bits per heavy atom. The first kappa shape index (κ1) is 5.34. The standard InChI is InChI=1S/H3O3PS/c1-5(2,3)4/h4H2,(H,1,2,3)/p-1. The molecule has 0 radical (unpaired) electrons. The summed E-state index contributed by atoms with van der Waals surface area (Å²) in [4.78, 5) is 0. The summed E-state index contributed by atoms with van der Waals surface area (Å²) in [5, 5.41) is 0. The van der Waals surface area contributed by atoms with E-state index in [2.05, 4.69) is 0 Å². The molecule has 0 aliphatic rings. The SMILES string of the molecule is O=S(=O)([O-])P. The van der Waals surface area contributed by atoms with Crippen LogP contribution in [0.15, 0.2) is 0 Å². The molecule has 0 amide bonds. The summed E-state index contributed by atoms with van der Waals surface area (Å²) in [6.45, 7) is 0. The van der Waals surface area contributed by atoms with Gasteiger partial charge in [0.2, 0.25) is 0 Å². The molecule has 0 saturated heterocycles. The maximum atomic E-state index is 9.04. The van der Waals surface area contributed by atoms with Crippen LogP contribution in [0.1, 0.15) is 0 Å². The Morgan fingerprint density at radius 3 is 1.60 bits per heavy atom. The lowest BCUT2D eigenvalue weighted by Crippen LogP contribution is -1.77. The summed E-state index contributed by atoms with van der Waals surface area (Å²) in [6.07, 6.45) is 0. The maximum Gasteiger partial charge on any atom is 0.107 e. The highest BCUT2D eigenvalue weighted by Gasteiger charge is 1.65. The molecular formula is H2O3PS-. The van der Waals surface area contributed by atoms with Crippen LogP contribution in [0.4, 0.5) is 0 Å². The third-order valence-electron chi connectivity index (χ3n) is 0. The van der Waals surface area contributed by atoms with Crippen LogP contribution in [0.5, 0.6) is 0 Å². The van der Waals surface area contributed by atoms with Gasteiger partial charge in [-0.15, -0.1) is 0 Å². The molecule has 0 saturated carbocycles. The summed E-state index contributed by atoms with van der Waals surface area (Å²) < 4.78 is 27.1. The van der Waals surface area contributed by atoms with Crippen molar-refractivity contribution in [2.24, 2.45) is 0 Å². The van der Waals surface area contributed by atoms with Gasteiger partial charge in [-0.1, -0.05) is 0 Å². The molecule has 0 aromatic rings. The summed E-state index contributed by atoms with van der Waals surface area (Å²) in [7, 11) is -2.87. The van der Waals surface area contributed by atoms with E-state index in [1.165, 1.54) is 0 Å². The van der Waals surface area contributed by atoms with E-state index < -0.39 is 9.74 Å². The van der Waals surface area contributed by atoms with Gasteiger partial charge < -0.3 is 4.55 Å². The molecule has 0 N–H and O–H groups in total. The Hall–Kier alpha value is 0.340. The third kappa shape index (κ3) is 206. The highest BCUT2D eigenvalue weighted by molar-refractivity contribution is 8.34. The van der Waals surface area contributed by atoms with Gasteiger partial charge in [0.05, 0.1) is 0 Å². The van der Waals surface area contributed by atoms with Crippen LogP contribution in [0, 0.1) is 0 Å². The summed E-state index contributed by atoms with van der Waals surface area (Å²) in [5.41, 5.74) is 0. The molecule has 0 spiro atoms. The van der Waals surface area contributed by atoms with Crippen molar-refractivity contribution in [2.75, 3.05) is 0 Å². The van der Waals surface area contributed by atoms with E-state index in [1.807, 2.05) is 0 Å². The monoisotopic (exact) mass is 113 g/mol. The summed E-state index contributed by atoms with van der Waals surface area (Å²) >= 11 is 0. The van der Waals surface area contributed by atoms with Gasteiger partial charge >= 0.3 is 0 Å². The molecule has 3 nitrogen and oxygen atoms in total. The average Bonchev–Trinajstić information content (AvgIpc) is 0.722. The van der Waals surface area contributed by atoms with E-state index in [4.69, 9.17) is 13.0 Å². The lowest BCUT2D eigenvalue weighted by atomic mass is 15.9. The Balaban J connectivity index is 4.06. The van der Waals surface area contributed by atoms with E-state index in [1.54, 1.807) is 0 Å². The predicted octanol–water partition coefficient (Wildman–Crippen LogP) is -0.678. The first-order valence-electron chi connectivity index (χ1n) is 0.736. The van der Waals surface area contributed by atoms with E-state index in [-0.39, 0.29) is 0 Å². The van der Waals surface area contributed by atoms with Gasteiger partial charge in [-0.3, -0.25) is 0 Å². The first-order chi connectivity index (χ1) is 2.00. The van der Waals surface area contributed by atoms with Crippen molar-refractivity contribution in [3.8, 4) is 0 Å². The van der Waals surface area contributed by atoms with Crippen molar-refractivity contribution in [1.29, 1.82) is 0 Å². The van der Waals surface area contributed by atoms with Crippen molar-refractivity contribution in [3.63, 3.8) is 0 Å². The van der Waals surface area contributed by atoms with Crippen molar-refractivity contribution < 1.29 is 13.0 Å². The lowest BCUT2D eigenvalue weighted by molar-refractivity contribution is 0.482. The van der Waals surface area contributed by atoms with Gasteiger partial charge in [0.1, 0.15) is 9.74 Å². The fourth-order valence-corrected chi connectivity index (χ4v) is 0. The lowest BCUT2D eigenvalue weighted by Gasteiger charge is -1.90. The highest BCUT2D eigenvalue weighted by atomic mass is 32.7. The molecule has 5 heavy (non-hydrogen) atoms. The molecule has 0 bridgehead atoms. The molecule has 0 aliphatic heterocycles. The molecule has 0 aromatic carbocycles. The summed E-state index contributed by atoms with van der Waals surface area (Å²) in [5.74, 6) is 0.